The first-order valence-corrected chi connectivity index (χ1v) is 8.50. The van der Waals surface area contributed by atoms with Crippen LogP contribution in [0.5, 0.6) is 0 Å². The Morgan fingerprint density at radius 1 is 1.26 bits per heavy atom. The average molecular weight is 339 g/mol. The van der Waals surface area contributed by atoms with Crippen molar-refractivity contribution in [3.63, 3.8) is 0 Å². The lowest BCUT2D eigenvalue weighted by molar-refractivity contribution is -0.152. The van der Waals surface area contributed by atoms with Crippen LogP contribution < -0.4 is 5.09 Å². The van der Waals surface area contributed by atoms with Crippen molar-refractivity contribution in [1.29, 1.82) is 0 Å². The van der Waals surface area contributed by atoms with E-state index in [1.165, 1.54) is 4.90 Å². The van der Waals surface area contributed by atoms with E-state index < -0.39 is 31.9 Å². The molecule has 1 saturated heterocycles. The molecule has 1 fully saturated rings. The summed E-state index contributed by atoms with van der Waals surface area (Å²) in [5.41, 5.74) is 0.421. The number of benzene rings is 1. The van der Waals surface area contributed by atoms with E-state index in [4.69, 9.17) is 0 Å². The number of carbonyl (C=O) groups excluding carboxylic acids is 2. The third-order valence-corrected chi connectivity index (χ3v) is 5.04. The summed E-state index contributed by atoms with van der Waals surface area (Å²) in [6.45, 7) is 2.54. The van der Waals surface area contributed by atoms with E-state index in [1.807, 2.05) is 0 Å². The van der Waals surface area contributed by atoms with Crippen molar-refractivity contribution >= 4 is 25.9 Å². The van der Waals surface area contributed by atoms with Gasteiger partial charge in [0.15, 0.2) is 0 Å². The number of rotatable bonds is 6. The molecule has 2 atom stereocenters. The number of aliphatic carboxylic acids is 1. The molecule has 124 valence electrons. The predicted molar refractivity (Wildman–Crippen MR) is 82.9 cm³/mol. The van der Waals surface area contributed by atoms with Crippen molar-refractivity contribution in [1.82, 2.24) is 14.7 Å². The van der Waals surface area contributed by atoms with Gasteiger partial charge in [-0.3, -0.25) is 23.6 Å². The van der Waals surface area contributed by atoms with Gasteiger partial charge in [0.05, 0.1) is 0 Å². The quantitative estimate of drug-likeness (QED) is 0.577. The zero-order valence-corrected chi connectivity index (χ0v) is 13.6. The maximum atomic E-state index is 12.4. The van der Waals surface area contributed by atoms with E-state index in [0.717, 1.165) is 4.67 Å². The molecule has 2 rings (SSSR count). The van der Waals surface area contributed by atoms with Crippen LogP contribution in [-0.4, -0.2) is 52.1 Å². The lowest BCUT2D eigenvalue weighted by Crippen LogP contribution is -2.52. The monoisotopic (exact) mass is 339 g/mol. The fourth-order valence-electron chi connectivity index (χ4n) is 2.30. The summed E-state index contributed by atoms with van der Waals surface area (Å²) in [6, 6.07) is 7.02. The molecule has 0 saturated carbocycles. The molecule has 1 aliphatic heterocycles. The molecule has 0 radical (unpaired) electrons. The van der Waals surface area contributed by atoms with Gasteiger partial charge in [0.25, 0.3) is 0 Å². The Bertz CT molecular complexity index is 637. The van der Waals surface area contributed by atoms with Crippen molar-refractivity contribution < 1.29 is 24.1 Å². The second-order valence-electron chi connectivity index (χ2n) is 4.97. The Hall–Kier alpha value is -2.18. The summed E-state index contributed by atoms with van der Waals surface area (Å²) in [6.07, 6.45) is 0. The van der Waals surface area contributed by atoms with Crippen molar-refractivity contribution in [2.75, 3.05) is 19.6 Å². The molecule has 1 aromatic rings. The van der Waals surface area contributed by atoms with E-state index in [2.05, 4.69) is 5.09 Å². The standard InChI is InChI=1S/C14H18N3O5P/c1-2-16-8-9-17(13(19)12(16)18)23(22)15-11(14(20)21)10-6-4-3-5-7-10/h3-7,11,23H,2,8-9H2,1H3,(H,15,22)(H,20,21). The molecule has 2 amide bonds. The molecule has 0 aromatic heterocycles. The molecule has 0 aliphatic carbocycles. The van der Waals surface area contributed by atoms with E-state index >= 15 is 0 Å². The van der Waals surface area contributed by atoms with Crippen LogP contribution >= 0.6 is 8.10 Å². The SMILES string of the molecule is CCN1CCN([PH](=O)NC(C(=O)O)c2ccccc2)C(=O)C1=O. The number of hydrogen-bond donors (Lipinski definition) is 2. The molecule has 2 N–H and O–H groups in total. The highest BCUT2D eigenvalue weighted by Crippen LogP contribution is 2.29. The van der Waals surface area contributed by atoms with E-state index in [9.17, 15) is 24.1 Å². The van der Waals surface area contributed by atoms with Crippen LogP contribution in [0.4, 0.5) is 0 Å². The number of hydrogen-bond acceptors (Lipinski definition) is 4. The number of nitrogens with one attached hydrogen (secondary N) is 1. The topological polar surface area (TPSA) is 107 Å². The summed E-state index contributed by atoms with van der Waals surface area (Å²) in [4.78, 5) is 36.6. The fourth-order valence-corrected chi connectivity index (χ4v) is 3.58. The van der Waals surface area contributed by atoms with Crippen LogP contribution in [0.15, 0.2) is 30.3 Å². The third-order valence-electron chi connectivity index (χ3n) is 3.58. The van der Waals surface area contributed by atoms with Crippen molar-refractivity contribution in [2.45, 2.75) is 13.0 Å². The second kappa shape index (κ2) is 7.39. The lowest BCUT2D eigenvalue weighted by Gasteiger charge is -2.33. The molecule has 9 heteroatoms. The summed E-state index contributed by atoms with van der Waals surface area (Å²) >= 11 is 0. The Balaban J connectivity index is 2.12. The maximum absolute atomic E-state index is 12.4. The van der Waals surface area contributed by atoms with Crippen molar-refractivity contribution in [2.24, 2.45) is 0 Å². The molecular formula is C14H18N3O5P. The largest absolute Gasteiger partial charge is 0.480 e. The van der Waals surface area contributed by atoms with Gasteiger partial charge in [0.1, 0.15) is 6.04 Å². The van der Waals surface area contributed by atoms with Gasteiger partial charge in [-0.25, -0.2) is 5.09 Å². The average Bonchev–Trinajstić information content (AvgIpc) is 2.55. The predicted octanol–water partition coefficient (Wildman–Crippen LogP) is 0.482. The van der Waals surface area contributed by atoms with Crippen LogP contribution in [0.1, 0.15) is 18.5 Å². The number of nitrogens with zero attached hydrogens (tertiary/aromatic N) is 2. The summed E-state index contributed by atoms with van der Waals surface area (Å²) < 4.78 is 13.3. The highest BCUT2D eigenvalue weighted by Gasteiger charge is 2.35. The molecule has 1 aromatic carbocycles. The zero-order chi connectivity index (χ0) is 17.0. The Morgan fingerprint density at radius 2 is 1.91 bits per heavy atom. The maximum Gasteiger partial charge on any atom is 0.325 e. The van der Waals surface area contributed by atoms with Gasteiger partial charge in [-0.1, -0.05) is 30.3 Å². The van der Waals surface area contributed by atoms with E-state index in [0.29, 0.717) is 12.1 Å². The van der Waals surface area contributed by atoms with Gasteiger partial charge >= 0.3 is 17.8 Å². The minimum absolute atomic E-state index is 0.115. The highest BCUT2D eigenvalue weighted by atomic mass is 31.1. The molecule has 1 heterocycles. The van der Waals surface area contributed by atoms with Gasteiger partial charge in [-0.15, -0.1) is 0 Å². The van der Waals surface area contributed by atoms with Gasteiger partial charge in [0, 0.05) is 19.6 Å². The highest BCUT2D eigenvalue weighted by molar-refractivity contribution is 7.40. The number of piperazine rings is 1. The molecule has 23 heavy (non-hydrogen) atoms. The summed E-state index contributed by atoms with van der Waals surface area (Å²) in [7, 11) is -2.94. The van der Waals surface area contributed by atoms with Gasteiger partial charge in [-0.2, -0.15) is 0 Å². The number of carbonyl (C=O) groups is 3. The lowest BCUT2D eigenvalue weighted by atomic mass is 10.1. The Labute approximate surface area is 134 Å². The van der Waals surface area contributed by atoms with Crippen LogP contribution in [0.3, 0.4) is 0 Å². The fraction of sp³-hybridized carbons (Fsp3) is 0.357. The first-order valence-electron chi connectivity index (χ1n) is 7.14. The van der Waals surface area contributed by atoms with Crippen molar-refractivity contribution in [3.8, 4) is 0 Å². The summed E-state index contributed by atoms with van der Waals surface area (Å²) in [5.74, 6) is -2.79. The first-order chi connectivity index (χ1) is 11.0. The summed E-state index contributed by atoms with van der Waals surface area (Å²) in [5, 5.41) is 11.8. The Kier molecular flexibility index (Phi) is 5.52. The smallest absolute Gasteiger partial charge is 0.325 e. The molecule has 0 spiro atoms. The molecule has 0 bridgehead atoms. The zero-order valence-electron chi connectivity index (χ0n) is 12.6. The molecule has 8 nitrogen and oxygen atoms in total. The number of likely N-dealkylation sites (N-methyl/N-ethyl adjacent to an activating group) is 1. The first kappa shape index (κ1) is 17.2. The van der Waals surface area contributed by atoms with Gasteiger partial charge < -0.3 is 10.0 Å². The van der Waals surface area contributed by atoms with Crippen molar-refractivity contribution in [3.05, 3.63) is 35.9 Å². The Morgan fingerprint density at radius 3 is 2.48 bits per heavy atom. The van der Waals surface area contributed by atoms with Gasteiger partial charge in [0.2, 0.25) is 8.10 Å². The second-order valence-corrected chi connectivity index (χ2v) is 6.41. The number of carboxylic acids is 1. The van der Waals surface area contributed by atoms with Crippen LogP contribution in [0, 0.1) is 0 Å². The number of amides is 2. The normalized spacial score (nSPS) is 18.0. The molecule has 2 unspecified atom stereocenters. The minimum atomic E-state index is -2.94. The minimum Gasteiger partial charge on any atom is -0.480 e. The van der Waals surface area contributed by atoms with Crippen LogP contribution in [-0.2, 0) is 18.9 Å². The molecular weight excluding hydrogens is 321 g/mol. The van der Waals surface area contributed by atoms with Crippen LogP contribution in [0.25, 0.3) is 0 Å². The third kappa shape index (κ3) is 3.78. The van der Waals surface area contributed by atoms with Crippen LogP contribution in [0.2, 0.25) is 0 Å². The van der Waals surface area contributed by atoms with E-state index in [-0.39, 0.29) is 13.1 Å². The number of carboxylic acid groups (broad SMARTS) is 1. The van der Waals surface area contributed by atoms with Gasteiger partial charge in [-0.05, 0) is 12.5 Å². The molecule has 1 aliphatic rings. The van der Waals surface area contributed by atoms with E-state index in [1.54, 1.807) is 37.3 Å².